The van der Waals surface area contributed by atoms with Gasteiger partial charge in [0.15, 0.2) is 0 Å². The molecule has 7 nitrogen and oxygen atoms in total. The van der Waals surface area contributed by atoms with Crippen LogP contribution in [0.3, 0.4) is 0 Å². The SMILES string of the molecule is COCCN1C(=O)C2C(C)NC3(C(=O)Nc4c3ccc(C)c4C)C2C1=O. The number of methoxy groups -OCH3 is 1. The first-order chi connectivity index (χ1) is 12.3. The smallest absolute Gasteiger partial charge is 0.250 e. The number of nitrogens with zero attached hydrogens (tertiary/aromatic N) is 1. The number of hydrogen-bond donors (Lipinski definition) is 2. The third-order valence-corrected chi connectivity index (χ3v) is 6.18. The molecule has 4 unspecified atom stereocenters. The fourth-order valence-electron chi connectivity index (χ4n) is 4.74. The number of anilines is 1. The maximum atomic E-state index is 13.1. The standard InChI is InChI=1S/C19H23N3O4/c1-9-5-6-12-15(10(9)2)20-18(25)19(12)14-13(11(3)21-19)16(23)22(17(14)24)7-8-26-4/h5-6,11,13-14,21H,7-8H2,1-4H3,(H,20,25). The number of aryl methyl sites for hydroxylation is 1. The molecule has 1 aromatic rings. The van der Waals surface area contributed by atoms with Crippen LogP contribution < -0.4 is 10.6 Å². The number of fused-ring (bicyclic) bond motifs is 4. The molecule has 3 aliphatic rings. The van der Waals surface area contributed by atoms with Crippen molar-refractivity contribution in [3.63, 3.8) is 0 Å². The Kier molecular flexibility index (Phi) is 3.71. The molecule has 2 saturated heterocycles. The normalized spacial score (nSPS) is 32.4. The van der Waals surface area contributed by atoms with Gasteiger partial charge in [-0.25, -0.2) is 0 Å². The van der Waals surface area contributed by atoms with Crippen LogP contribution in [0.4, 0.5) is 5.69 Å². The summed E-state index contributed by atoms with van der Waals surface area (Å²) < 4.78 is 5.03. The number of benzene rings is 1. The highest BCUT2D eigenvalue weighted by Gasteiger charge is 2.69. The van der Waals surface area contributed by atoms with Crippen molar-refractivity contribution in [2.45, 2.75) is 32.4 Å². The second-order valence-electron chi connectivity index (χ2n) is 7.45. The summed E-state index contributed by atoms with van der Waals surface area (Å²) in [6, 6.07) is 3.58. The lowest BCUT2D eigenvalue weighted by Crippen LogP contribution is -2.53. The molecule has 0 aromatic heterocycles. The topological polar surface area (TPSA) is 87.7 Å². The fourth-order valence-corrected chi connectivity index (χ4v) is 4.74. The summed E-state index contributed by atoms with van der Waals surface area (Å²) in [5, 5.41) is 6.27. The van der Waals surface area contributed by atoms with E-state index in [0.29, 0.717) is 0 Å². The van der Waals surface area contributed by atoms with E-state index in [1.54, 1.807) is 0 Å². The molecule has 0 aliphatic carbocycles. The van der Waals surface area contributed by atoms with Gasteiger partial charge < -0.3 is 10.1 Å². The predicted molar refractivity (Wildman–Crippen MR) is 94.4 cm³/mol. The zero-order valence-corrected chi connectivity index (χ0v) is 15.4. The second kappa shape index (κ2) is 5.62. The highest BCUT2D eigenvalue weighted by molar-refractivity contribution is 6.15. The van der Waals surface area contributed by atoms with Crippen LogP contribution in [0.15, 0.2) is 12.1 Å². The molecule has 0 radical (unpaired) electrons. The Morgan fingerprint density at radius 1 is 1.19 bits per heavy atom. The third-order valence-electron chi connectivity index (χ3n) is 6.18. The Morgan fingerprint density at radius 3 is 2.62 bits per heavy atom. The number of imide groups is 1. The van der Waals surface area contributed by atoms with Gasteiger partial charge in [0.2, 0.25) is 17.7 Å². The van der Waals surface area contributed by atoms with Crippen LogP contribution in [0.2, 0.25) is 0 Å². The Hall–Kier alpha value is -2.25. The van der Waals surface area contributed by atoms with E-state index in [4.69, 9.17) is 4.74 Å². The van der Waals surface area contributed by atoms with Crippen molar-refractivity contribution in [2.75, 3.05) is 25.6 Å². The molecule has 0 bridgehead atoms. The quantitative estimate of drug-likeness (QED) is 0.777. The van der Waals surface area contributed by atoms with Crippen LogP contribution in [-0.2, 0) is 24.7 Å². The van der Waals surface area contributed by atoms with E-state index in [0.717, 1.165) is 22.4 Å². The third kappa shape index (κ3) is 1.92. The van der Waals surface area contributed by atoms with Crippen molar-refractivity contribution in [1.29, 1.82) is 0 Å². The van der Waals surface area contributed by atoms with Gasteiger partial charge in [-0.2, -0.15) is 0 Å². The predicted octanol–water partition coefficient (Wildman–Crippen LogP) is 0.690. The lowest BCUT2D eigenvalue weighted by atomic mass is 9.76. The molecule has 2 N–H and O–H groups in total. The van der Waals surface area contributed by atoms with Crippen LogP contribution in [-0.4, -0.2) is 48.9 Å². The maximum Gasteiger partial charge on any atom is 0.250 e. The molecule has 1 aromatic carbocycles. The summed E-state index contributed by atoms with van der Waals surface area (Å²) in [5.41, 5.74) is 2.38. The number of hydrogen-bond acceptors (Lipinski definition) is 5. The van der Waals surface area contributed by atoms with E-state index < -0.39 is 17.4 Å². The molecule has 0 saturated carbocycles. The molecular weight excluding hydrogens is 334 g/mol. The molecule has 3 heterocycles. The van der Waals surface area contributed by atoms with E-state index in [2.05, 4.69) is 10.6 Å². The average molecular weight is 357 g/mol. The monoisotopic (exact) mass is 357 g/mol. The van der Waals surface area contributed by atoms with E-state index in [1.165, 1.54) is 12.0 Å². The van der Waals surface area contributed by atoms with Crippen molar-refractivity contribution in [3.8, 4) is 0 Å². The van der Waals surface area contributed by atoms with Crippen molar-refractivity contribution < 1.29 is 19.1 Å². The number of likely N-dealkylation sites (tertiary alicyclic amines) is 1. The Bertz CT molecular complexity index is 836. The zero-order valence-electron chi connectivity index (χ0n) is 15.4. The number of nitrogens with one attached hydrogen (secondary N) is 2. The van der Waals surface area contributed by atoms with Gasteiger partial charge in [0.1, 0.15) is 5.54 Å². The van der Waals surface area contributed by atoms with Crippen LogP contribution in [0.5, 0.6) is 0 Å². The highest BCUT2D eigenvalue weighted by atomic mass is 16.5. The summed E-state index contributed by atoms with van der Waals surface area (Å²) in [5.74, 6) is -2.05. The van der Waals surface area contributed by atoms with Gasteiger partial charge in [-0.05, 0) is 31.9 Å². The molecule has 3 amide bonds. The maximum absolute atomic E-state index is 13.1. The van der Waals surface area contributed by atoms with Gasteiger partial charge in [-0.15, -0.1) is 0 Å². The summed E-state index contributed by atoms with van der Waals surface area (Å²) in [7, 11) is 1.53. The van der Waals surface area contributed by atoms with E-state index >= 15 is 0 Å². The van der Waals surface area contributed by atoms with Crippen LogP contribution in [0, 0.1) is 25.7 Å². The number of ether oxygens (including phenoxy) is 1. The molecule has 1 spiro atoms. The average Bonchev–Trinajstić information content (AvgIpc) is 3.16. The molecule has 26 heavy (non-hydrogen) atoms. The lowest BCUT2D eigenvalue weighted by Gasteiger charge is -2.29. The Labute approximate surface area is 152 Å². The summed E-state index contributed by atoms with van der Waals surface area (Å²) in [4.78, 5) is 40.4. The van der Waals surface area contributed by atoms with Crippen molar-refractivity contribution in [3.05, 3.63) is 28.8 Å². The van der Waals surface area contributed by atoms with Crippen molar-refractivity contribution in [2.24, 2.45) is 11.8 Å². The molecular formula is C19H23N3O4. The second-order valence-corrected chi connectivity index (χ2v) is 7.45. The lowest BCUT2D eigenvalue weighted by molar-refractivity contribution is -0.143. The van der Waals surface area contributed by atoms with Gasteiger partial charge in [-0.1, -0.05) is 12.1 Å². The van der Waals surface area contributed by atoms with E-state index in [1.807, 2.05) is 32.9 Å². The van der Waals surface area contributed by atoms with Crippen molar-refractivity contribution >= 4 is 23.4 Å². The number of carbonyl (C=O) groups is 3. The summed E-state index contributed by atoms with van der Waals surface area (Å²) in [6.45, 7) is 6.30. The van der Waals surface area contributed by atoms with Gasteiger partial charge in [0.25, 0.3) is 0 Å². The molecule has 2 fully saturated rings. The molecule has 3 aliphatic heterocycles. The van der Waals surface area contributed by atoms with Crippen molar-refractivity contribution in [1.82, 2.24) is 10.2 Å². The summed E-state index contributed by atoms with van der Waals surface area (Å²) >= 11 is 0. The minimum absolute atomic E-state index is 0.214. The fraction of sp³-hybridized carbons (Fsp3) is 0.526. The van der Waals surface area contributed by atoms with Gasteiger partial charge in [0.05, 0.1) is 25.0 Å². The zero-order chi connectivity index (χ0) is 18.8. The van der Waals surface area contributed by atoms with Crippen LogP contribution >= 0.6 is 0 Å². The molecule has 4 rings (SSSR count). The van der Waals surface area contributed by atoms with Crippen LogP contribution in [0.25, 0.3) is 0 Å². The minimum atomic E-state index is -1.19. The first-order valence-electron chi connectivity index (χ1n) is 8.88. The highest BCUT2D eigenvalue weighted by Crippen LogP contribution is 2.53. The Morgan fingerprint density at radius 2 is 1.92 bits per heavy atom. The van der Waals surface area contributed by atoms with E-state index in [9.17, 15) is 14.4 Å². The molecule has 138 valence electrons. The van der Waals surface area contributed by atoms with Gasteiger partial charge in [0, 0.05) is 24.4 Å². The first kappa shape index (κ1) is 17.2. The summed E-state index contributed by atoms with van der Waals surface area (Å²) in [6.07, 6.45) is 0. The molecule has 4 atom stereocenters. The number of rotatable bonds is 3. The molecule has 7 heteroatoms. The minimum Gasteiger partial charge on any atom is -0.383 e. The number of carbonyl (C=O) groups excluding carboxylic acids is 3. The van der Waals surface area contributed by atoms with Gasteiger partial charge >= 0.3 is 0 Å². The number of amides is 3. The Balaban J connectivity index is 1.85. The van der Waals surface area contributed by atoms with Gasteiger partial charge in [-0.3, -0.25) is 24.6 Å². The largest absolute Gasteiger partial charge is 0.383 e. The van der Waals surface area contributed by atoms with E-state index in [-0.39, 0.29) is 36.9 Å². The first-order valence-corrected chi connectivity index (χ1v) is 8.88. The van der Waals surface area contributed by atoms with Crippen LogP contribution in [0.1, 0.15) is 23.6 Å².